The molecule has 36 heteroatoms. The highest BCUT2D eigenvalue weighted by molar-refractivity contribution is 7.15. The summed E-state index contributed by atoms with van der Waals surface area (Å²) in [7, 11) is 0. The second kappa shape index (κ2) is 32.0. The molecule has 16 aromatic rings. The van der Waals surface area contributed by atoms with E-state index in [1.807, 2.05) is 69.8 Å². The minimum atomic E-state index is -0.327. The third-order valence-corrected chi connectivity index (χ3v) is 25.2. The van der Waals surface area contributed by atoms with Gasteiger partial charge in [-0.05, 0) is 135 Å². The summed E-state index contributed by atoms with van der Waals surface area (Å²) in [6.07, 6.45) is 36.8. The molecule has 5 aliphatic rings. The van der Waals surface area contributed by atoms with E-state index in [-0.39, 0.29) is 58.3 Å². The molecule has 118 heavy (non-hydrogen) atoms. The molecule has 4 saturated heterocycles. The number of aromatic nitrogens is 24. The van der Waals surface area contributed by atoms with Crippen LogP contribution < -0.4 is 19.6 Å². The summed E-state index contributed by atoms with van der Waals surface area (Å²) >= 11 is 4.78. The fourth-order valence-corrected chi connectivity index (χ4v) is 18.1. The summed E-state index contributed by atoms with van der Waals surface area (Å²) in [5.41, 5.74) is 9.42. The monoisotopic (exact) mass is 1650 g/mol. The predicted octanol–water partition coefficient (Wildman–Crippen LogP) is 16.6. The average molecular weight is 1650 g/mol. The Labute approximate surface area is 686 Å². The van der Waals surface area contributed by atoms with Crippen molar-refractivity contribution >= 4 is 79.9 Å². The molecule has 0 bridgehead atoms. The number of fused-ring (bicyclic) bond motifs is 4. The van der Waals surface area contributed by atoms with E-state index < -0.39 is 0 Å². The Morgan fingerprint density at radius 1 is 0.381 bits per heavy atom. The smallest absolute Gasteiger partial charge is 0.253 e. The van der Waals surface area contributed by atoms with Crippen LogP contribution >= 0.6 is 34.0 Å². The standard InChI is InChI=1S/C21H22FN7O.C21H22FN7S.C20H18FN7S.C20H20FN7S/c2*1-21(2,3)20-27-26-19(30-20)15-12-24-29-8-6-17(25-18(15)29)28-7-4-5-16(28)13-9-14(22)11-23-10-13;21-14-8-13(9-22-10-14)16-2-1-6-27(16)17-5-7-28-18(24-17)15(11-23-28)20-26-25-19(29-20)12-3-4-12;1-12(2)19-25-26-20(29-19)15-11-23-28-7-5-17(24-18(15)28)27-6-3-4-16(27)13-8-14(21)10-22-9-13/h2*6,8-12,16H,4-5,7H2,1-3H3;5,7-12,16H,1-4,6H2;5,7-12,16H,3-4,6H2,1-2H3. The van der Waals surface area contributed by atoms with E-state index in [0.29, 0.717) is 34.8 Å². The summed E-state index contributed by atoms with van der Waals surface area (Å²) in [6, 6.07) is 14.3. The van der Waals surface area contributed by atoms with Crippen molar-refractivity contribution in [2.24, 2.45) is 0 Å². The Morgan fingerprint density at radius 2 is 0.737 bits per heavy atom. The Bertz CT molecular complexity index is 5920. The molecular weight excluding hydrogens is 1570 g/mol. The highest BCUT2D eigenvalue weighted by Gasteiger charge is 2.35. The lowest BCUT2D eigenvalue weighted by atomic mass is 9.97. The number of nitrogens with zero attached hydrogens (tertiary/aromatic N) is 28. The van der Waals surface area contributed by atoms with Crippen molar-refractivity contribution in [3.8, 4) is 43.2 Å². The number of anilines is 4. The zero-order chi connectivity index (χ0) is 81.1. The van der Waals surface area contributed by atoms with Crippen molar-refractivity contribution in [2.45, 2.75) is 166 Å². The highest BCUT2D eigenvalue weighted by atomic mass is 32.1. The third-order valence-electron chi connectivity index (χ3n) is 21.4. The Hall–Kier alpha value is -12.2. The van der Waals surface area contributed by atoms with Crippen LogP contribution in [-0.4, -0.2) is 145 Å². The maximum absolute atomic E-state index is 13.7. The summed E-state index contributed by atoms with van der Waals surface area (Å²) in [4.78, 5) is 44.5. The topological polar surface area (TPSA) is 302 Å². The zero-order valence-electron chi connectivity index (χ0n) is 65.9. The molecule has 1 aliphatic carbocycles. The molecule has 4 unspecified atom stereocenters. The first-order valence-corrected chi connectivity index (χ1v) is 41.8. The molecule has 4 aliphatic heterocycles. The van der Waals surface area contributed by atoms with Gasteiger partial charge in [0.2, 0.25) is 5.89 Å². The number of halogens is 4. The lowest BCUT2D eigenvalue weighted by Gasteiger charge is -2.26. The zero-order valence-corrected chi connectivity index (χ0v) is 68.3. The highest BCUT2D eigenvalue weighted by Crippen LogP contribution is 2.45. The van der Waals surface area contributed by atoms with Gasteiger partial charge in [-0.2, -0.15) is 20.4 Å². The van der Waals surface area contributed by atoms with Crippen molar-refractivity contribution < 1.29 is 22.0 Å². The van der Waals surface area contributed by atoms with Gasteiger partial charge in [0.1, 0.15) is 67.1 Å². The number of pyridine rings is 4. The van der Waals surface area contributed by atoms with Gasteiger partial charge in [-0.25, -0.2) is 55.6 Å². The van der Waals surface area contributed by atoms with Gasteiger partial charge in [0.05, 0.1) is 90.4 Å². The molecule has 0 spiro atoms. The Morgan fingerprint density at radius 3 is 1.08 bits per heavy atom. The van der Waals surface area contributed by atoms with Crippen LogP contribution in [-0.2, 0) is 10.8 Å². The summed E-state index contributed by atoms with van der Waals surface area (Å²) < 4.78 is 67.7. The minimum Gasteiger partial charge on any atom is -0.420 e. The molecule has 0 radical (unpaired) electrons. The molecule has 16 aromatic heterocycles. The molecule has 29 nitrogen and oxygen atoms in total. The molecule has 4 atom stereocenters. The van der Waals surface area contributed by atoms with E-state index in [1.165, 1.54) is 37.6 Å². The van der Waals surface area contributed by atoms with Crippen molar-refractivity contribution in [1.29, 1.82) is 0 Å². The van der Waals surface area contributed by atoms with E-state index in [4.69, 9.17) is 24.4 Å². The molecule has 0 amide bonds. The van der Waals surface area contributed by atoms with E-state index in [0.717, 1.165) is 187 Å². The van der Waals surface area contributed by atoms with Crippen molar-refractivity contribution in [3.63, 3.8) is 0 Å². The van der Waals surface area contributed by atoms with Gasteiger partial charge >= 0.3 is 0 Å². The van der Waals surface area contributed by atoms with Crippen molar-refractivity contribution in [2.75, 3.05) is 45.8 Å². The summed E-state index contributed by atoms with van der Waals surface area (Å²) in [5.74, 6) is 3.96. The Kier molecular flexibility index (Phi) is 20.9. The van der Waals surface area contributed by atoms with Crippen LogP contribution in [0.4, 0.5) is 40.8 Å². The maximum Gasteiger partial charge on any atom is 0.253 e. The SMILES string of the molecule is CC(C)(C)c1nnc(-c2cnn3ccc(N4CCCC4c4cncc(F)c4)nc23)o1.CC(C)(C)c1nnc(-c2cnn3ccc(N4CCCC4c4cncc(F)c4)nc23)s1.CC(C)c1nnc(-c2cnn3ccc(N4CCCC4c4cncc(F)c4)nc23)s1.Fc1cncc(C2CCCN2c2ccn3ncc(-c4nnc(C5CC5)s4)c3n2)c1. The molecule has 5 fully saturated rings. The quantitative estimate of drug-likeness (QED) is 0.0913. The van der Waals surface area contributed by atoms with Gasteiger partial charge in [0.25, 0.3) is 5.89 Å². The van der Waals surface area contributed by atoms with E-state index in [2.05, 4.69) is 135 Å². The lowest BCUT2D eigenvalue weighted by Crippen LogP contribution is -2.24. The van der Waals surface area contributed by atoms with Crippen LogP contribution in [0.5, 0.6) is 0 Å². The van der Waals surface area contributed by atoms with Crippen LogP contribution in [0, 0.1) is 23.3 Å². The third kappa shape index (κ3) is 15.9. The van der Waals surface area contributed by atoms with E-state index in [9.17, 15) is 17.6 Å². The second-order valence-corrected chi connectivity index (χ2v) is 35.2. The molecule has 0 N–H and O–H groups in total. The molecule has 1 saturated carbocycles. The molecule has 0 aromatic carbocycles. The van der Waals surface area contributed by atoms with Crippen LogP contribution in [0.1, 0.15) is 199 Å². The number of hydrogen-bond acceptors (Lipinski definition) is 28. The van der Waals surface area contributed by atoms with E-state index in [1.54, 1.807) is 126 Å². The van der Waals surface area contributed by atoms with Crippen LogP contribution in [0.15, 0.2) is 152 Å². The van der Waals surface area contributed by atoms with Crippen molar-refractivity contribution in [1.82, 2.24) is 119 Å². The first kappa shape index (κ1) is 77.1. The number of hydrogen-bond donors (Lipinski definition) is 0. The Balaban J connectivity index is 0.000000108. The lowest BCUT2D eigenvalue weighted by molar-refractivity contribution is 0.399. The molecule has 20 heterocycles. The maximum atomic E-state index is 13.7. The summed E-state index contributed by atoms with van der Waals surface area (Å²) in [6.45, 7) is 20.1. The second-order valence-electron chi connectivity index (χ2n) is 32.2. The van der Waals surface area contributed by atoms with Crippen LogP contribution in [0.2, 0.25) is 0 Å². The number of rotatable bonds is 14. The minimum absolute atomic E-state index is 0.0328. The fraction of sp³-hybridized carbons (Fsp3) is 0.366. The first-order valence-electron chi connectivity index (χ1n) is 39.4. The van der Waals surface area contributed by atoms with Crippen LogP contribution in [0.25, 0.3) is 65.8 Å². The van der Waals surface area contributed by atoms with Gasteiger partial charge in [-0.15, -0.1) is 40.8 Å². The normalized spacial score (nSPS) is 17.7. The van der Waals surface area contributed by atoms with Gasteiger partial charge < -0.3 is 24.0 Å². The van der Waals surface area contributed by atoms with Gasteiger partial charge in [0.15, 0.2) is 37.6 Å². The molecule has 21 rings (SSSR count). The molecule has 602 valence electrons. The predicted molar refractivity (Wildman–Crippen MR) is 439 cm³/mol. The van der Waals surface area contributed by atoms with Gasteiger partial charge in [0, 0.05) is 98.4 Å². The fourth-order valence-electron chi connectivity index (χ4n) is 15.4. The summed E-state index contributed by atoms with van der Waals surface area (Å²) in [5, 5.41) is 57.7. The first-order chi connectivity index (χ1) is 57.2. The average Bonchev–Trinajstić information content (AvgIpc) is 1.65. The van der Waals surface area contributed by atoms with Gasteiger partial charge in [-0.1, -0.05) is 89.4 Å². The largest absolute Gasteiger partial charge is 0.420 e. The molecular formula is C82H82F4N28OS3. The van der Waals surface area contributed by atoms with Crippen molar-refractivity contribution in [3.05, 3.63) is 214 Å². The van der Waals surface area contributed by atoms with Gasteiger partial charge in [-0.3, -0.25) is 19.9 Å². The van der Waals surface area contributed by atoms with Crippen LogP contribution in [0.3, 0.4) is 0 Å². The van der Waals surface area contributed by atoms with E-state index >= 15 is 0 Å².